The van der Waals surface area contributed by atoms with Crippen LogP contribution in [-0.4, -0.2) is 49.3 Å². The van der Waals surface area contributed by atoms with Gasteiger partial charge in [0.25, 0.3) is 5.91 Å². The standard InChI is InChI=1S/C16H21ClN2O3/c17-13-4-2-1-3-12(13)15-10-19(7-8-21-15)16(20)14-6-5-11(9-18)22-14/h1-4,11,14-15H,5-10,18H2/t11-,14+,15?/m1/s1. The molecule has 1 amide bonds. The van der Waals surface area contributed by atoms with Gasteiger partial charge in [-0.3, -0.25) is 4.79 Å². The Bertz CT molecular complexity index is 540. The van der Waals surface area contributed by atoms with Crippen LogP contribution >= 0.6 is 11.6 Å². The number of morpholine rings is 1. The molecule has 5 nitrogen and oxygen atoms in total. The highest BCUT2D eigenvalue weighted by molar-refractivity contribution is 6.31. The van der Waals surface area contributed by atoms with Crippen molar-refractivity contribution in [2.45, 2.75) is 31.2 Å². The van der Waals surface area contributed by atoms with Gasteiger partial charge >= 0.3 is 0 Å². The third-order valence-electron chi connectivity index (χ3n) is 4.28. The van der Waals surface area contributed by atoms with Crippen LogP contribution < -0.4 is 5.73 Å². The Labute approximate surface area is 135 Å². The van der Waals surface area contributed by atoms with Crippen LogP contribution in [0.5, 0.6) is 0 Å². The summed E-state index contributed by atoms with van der Waals surface area (Å²) < 4.78 is 11.5. The zero-order valence-electron chi connectivity index (χ0n) is 12.4. The maximum atomic E-state index is 12.6. The van der Waals surface area contributed by atoms with E-state index in [-0.39, 0.29) is 24.2 Å². The smallest absolute Gasteiger partial charge is 0.251 e. The van der Waals surface area contributed by atoms with E-state index in [0.717, 1.165) is 18.4 Å². The first-order chi connectivity index (χ1) is 10.7. The first-order valence-corrected chi connectivity index (χ1v) is 8.07. The van der Waals surface area contributed by atoms with Crippen LogP contribution in [0, 0.1) is 0 Å². The summed E-state index contributed by atoms with van der Waals surface area (Å²) in [4.78, 5) is 14.4. The van der Waals surface area contributed by atoms with Crippen molar-refractivity contribution in [2.24, 2.45) is 5.73 Å². The number of hydrogen-bond donors (Lipinski definition) is 1. The monoisotopic (exact) mass is 324 g/mol. The SMILES string of the molecule is NC[C@H]1CC[C@@H](C(=O)N2CCOC(c3ccccc3Cl)C2)O1. The second kappa shape index (κ2) is 6.96. The Hall–Kier alpha value is -1.14. The van der Waals surface area contributed by atoms with E-state index in [4.69, 9.17) is 26.8 Å². The molecule has 2 N–H and O–H groups in total. The van der Waals surface area contributed by atoms with Crippen LogP contribution in [0.25, 0.3) is 0 Å². The lowest BCUT2D eigenvalue weighted by atomic mass is 10.1. The van der Waals surface area contributed by atoms with Crippen LogP contribution in [0.2, 0.25) is 5.02 Å². The Morgan fingerprint density at radius 1 is 1.36 bits per heavy atom. The fourth-order valence-corrected chi connectivity index (χ4v) is 3.30. The van der Waals surface area contributed by atoms with Crippen molar-refractivity contribution in [1.82, 2.24) is 4.90 Å². The van der Waals surface area contributed by atoms with E-state index in [1.54, 1.807) is 0 Å². The molecule has 0 radical (unpaired) electrons. The molecular formula is C16H21ClN2O3. The fourth-order valence-electron chi connectivity index (χ4n) is 3.04. The van der Waals surface area contributed by atoms with Gasteiger partial charge < -0.3 is 20.1 Å². The Kier molecular flexibility index (Phi) is 4.98. The molecule has 1 aromatic rings. The van der Waals surface area contributed by atoms with E-state index in [2.05, 4.69) is 0 Å². The average Bonchev–Trinajstić information content (AvgIpc) is 3.04. The van der Waals surface area contributed by atoms with E-state index in [9.17, 15) is 4.79 Å². The van der Waals surface area contributed by atoms with Crippen molar-refractivity contribution >= 4 is 17.5 Å². The van der Waals surface area contributed by atoms with Gasteiger partial charge in [0.2, 0.25) is 0 Å². The summed E-state index contributed by atoms with van der Waals surface area (Å²) in [7, 11) is 0. The number of ether oxygens (including phenoxy) is 2. The maximum absolute atomic E-state index is 12.6. The lowest BCUT2D eigenvalue weighted by Gasteiger charge is -2.34. The molecule has 2 aliphatic rings. The molecule has 3 atom stereocenters. The van der Waals surface area contributed by atoms with Gasteiger partial charge in [-0.25, -0.2) is 0 Å². The molecule has 22 heavy (non-hydrogen) atoms. The molecule has 0 saturated carbocycles. The molecule has 0 spiro atoms. The molecule has 1 aromatic carbocycles. The third kappa shape index (κ3) is 3.27. The summed E-state index contributed by atoms with van der Waals surface area (Å²) in [6.45, 7) is 2.08. The third-order valence-corrected chi connectivity index (χ3v) is 4.62. The Morgan fingerprint density at radius 3 is 2.91 bits per heavy atom. The summed E-state index contributed by atoms with van der Waals surface area (Å²) in [5, 5.41) is 0.669. The van der Waals surface area contributed by atoms with Gasteiger partial charge in [0, 0.05) is 23.7 Å². The summed E-state index contributed by atoms with van der Waals surface area (Å²) >= 11 is 6.23. The molecule has 2 aliphatic heterocycles. The molecule has 2 saturated heterocycles. The molecule has 2 fully saturated rings. The fraction of sp³-hybridized carbons (Fsp3) is 0.562. The summed E-state index contributed by atoms with van der Waals surface area (Å²) in [5.41, 5.74) is 6.53. The first kappa shape index (κ1) is 15.7. The highest BCUT2D eigenvalue weighted by Crippen LogP contribution is 2.29. The maximum Gasteiger partial charge on any atom is 0.251 e. The van der Waals surface area contributed by atoms with Crippen molar-refractivity contribution in [3.63, 3.8) is 0 Å². The second-order valence-electron chi connectivity index (χ2n) is 5.72. The zero-order chi connectivity index (χ0) is 15.5. The van der Waals surface area contributed by atoms with Crippen LogP contribution in [0.3, 0.4) is 0 Å². The summed E-state index contributed by atoms with van der Waals surface area (Å²) in [6, 6.07) is 7.60. The lowest BCUT2D eigenvalue weighted by molar-refractivity contribution is -0.150. The minimum absolute atomic E-state index is 0.00866. The molecule has 1 unspecified atom stereocenters. The van der Waals surface area contributed by atoms with Gasteiger partial charge in [-0.05, 0) is 18.9 Å². The minimum Gasteiger partial charge on any atom is -0.370 e. The van der Waals surface area contributed by atoms with Gasteiger partial charge in [-0.15, -0.1) is 0 Å². The quantitative estimate of drug-likeness (QED) is 0.920. The van der Waals surface area contributed by atoms with Crippen molar-refractivity contribution < 1.29 is 14.3 Å². The largest absolute Gasteiger partial charge is 0.370 e. The van der Waals surface area contributed by atoms with Crippen LogP contribution in [0.15, 0.2) is 24.3 Å². The second-order valence-corrected chi connectivity index (χ2v) is 6.13. The van der Waals surface area contributed by atoms with Crippen LogP contribution in [-0.2, 0) is 14.3 Å². The molecule has 0 aliphatic carbocycles. The normalized spacial score (nSPS) is 28.8. The number of carbonyl (C=O) groups excluding carboxylic acids is 1. The van der Waals surface area contributed by atoms with Crippen molar-refractivity contribution in [3.8, 4) is 0 Å². The van der Waals surface area contributed by atoms with E-state index in [0.29, 0.717) is 31.3 Å². The Balaban J connectivity index is 1.66. The van der Waals surface area contributed by atoms with E-state index < -0.39 is 0 Å². The average molecular weight is 325 g/mol. The van der Waals surface area contributed by atoms with E-state index in [1.165, 1.54) is 0 Å². The molecule has 0 aromatic heterocycles. The number of benzene rings is 1. The number of halogens is 1. The van der Waals surface area contributed by atoms with Gasteiger partial charge in [0.05, 0.1) is 19.3 Å². The van der Waals surface area contributed by atoms with Gasteiger partial charge in [-0.1, -0.05) is 29.8 Å². The van der Waals surface area contributed by atoms with E-state index in [1.807, 2.05) is 29.2 Å². The van der Waals surface area contributed by atoms with Crippen LogP contribution in [0.4, 0.5) is 0 Å². The molecule has 0 bridgehead atoms. The zero-order valence-corrected chi connectivity index (χ0v) is 13.2. The van der Waals surface area contributed by atoms with Crippen LogP contribution in [0.1, 0.15) is 24.5 Å². The van der Waals surface area contributed by atoms with Crippen molar-refractivity contribution in [1.29, 1.82) is 0 Å². The minimum atomic E-state index is -0.362. The number of nitrogens with two attached hydrogens (primary N) is 1. The molecule has 2 heterocycles. The number of nitrogens with zero attached hydrogens (tertiary/aromatic N) is 1. The summed E-state index contributed by atoms with van der Waals surface area (Å²) in [5.74, 6) is 0.0382. The lowest BCUT2D eigenvalue weighted by Crippen LogP contribution is -2.46. The molecule has 3 rings (SSSR count). The highest BCUT2D eigenvalue weighted by Gasteiger charge is 2.35. The van der Waals surface area contributed by atoms with Gasteiger partial charge in [0.15, 0.2) is 0 Å². The van der Waals surface area contributed by atoms with Gasteiger partial charge in [-0.2, -0.15) is 0 Å². The molecule has 6 heteroatoms. The highest BCUT2D eigenvalue weighted by atomic mass is 35.5. The number of rotatable bonds is 3. The van der Waals surface area contributed by atoms with Crippen molar-refractivity contribution in [3.05, 3.63) is 34.9 Å². The number of carbonyl (C=O) groups is 1. The summed E-state index contributed by atoms with van der Waals surface area (Å²) in [6.07, 6.45) is 1.06. The Morgan fingerprint density at radius 2 is 2.18 bits per heavy atom. The predicted octanol–water partition coefficient (Wildman–Crippen LogP) is 1.75. The predicted molar refractivity (Wildman–Crippen MR) is 83.7 cm³/mol. The molecule has 120 valence electrons. The van der Waals surface area contributed by atoms with E-state index >= 15 is 0 Å². The topological polar surface area (TPSA) is 64.8 Å². The van der Waals surface area contributed by atoms with Gasteiger partial charge in [0.1, 0.15) is 12.2 Å². The molecular weight excluding hydrogens is 304 g/mol. The first-order valence-electron chi connectivity index (χ1n) is 7.69. The van der Waals surface area contributed by atoms with Crippen molar-refractivity contribution in [2.75, 3.05) is 26.2 Å². The number of hydrogen-bond acceptors (Lipinski definition) is 4. The number of amides is 1.